The lowest BCUT2D eigenvalue weighted by Crippen LogP contribution is -2.36. The van der Waals surface area contributed by atoms with Gasteiger partial charge in [-0.2, -0.15) is 0 Å². The number of nitrogens with two attached hydrogens (primary N) is 2. The lowest BCUT2D eigenvalue weighted by molar-refractivity contribution is -0.121. The predicted octanol–water partition coefficient (Wildman–Crippen LogP) is -0.427. The largest absolute Gasteiger partial charge is 0.444 e. The van der Waals surface area contributed by atoms with E-state index in [1.54, 1.807) is 0 Å². The van der Waals surface area contributed by atoms with Gasteiger partial charge in [0.05, 0.1) is 26.4 Å². The molecule has 0 rings (SSSR count). The molecule has 7 N–H and O–H groups in total. The van der Waals surface area contributed by atoms with Crippen molar-refractivity contribution in [3.8, 4) is 0 Å². The molecule has 0 bridgehead atoms. The van der Waals surface area contributed by atoms with Crippen LogP contribution < -0.4 is 27.4 Å². The minimum atomic E-state index is -0.504. The second kappa shape index (κ2) is 24.0. The van der Waals surface area contributed by atoms with Crippen LogP contribution in [0.3, 0.4) is 0 Å². The third-order valence-electron chi connectivity index (χ3n) is 4.88. The number of nitrogens with one attached hydrogen (secondary N) is 3. The first-order valence-corrected chi connectivity index (χ1v) is 13.5. The number of alkyl carbamates (subject to hydrolysis) is 1. The first-order valence-electron chi connectivity index (χ1n) is 13.5. The van der Waals surface area contributed by atoms with Gasteiger partial charge in [-0.25, -0.2) is 4.79 Å². The molecule has 13 heteroatoms. The summed E-state index contributed by atoms with van der Waals surface area (Å²) in [6, 6.07) is 0. The van der Waals surface area contributed by atoms with Crippen LogP contribution in [0.2, 0.25) is 0 Å². The van der Waals surface area contributed by atoms with E-state index in [1.807, 2.05) is 20.8 Å². The van der Waals surface area contributed by atoms with Gasteiger partial charge in [-0.05, 0) is 33.6 Å². The maximum Gasteiger partial charge on any atom is 0.407 e. The Hall–Kier alpha value is -2.03. The molecule has 0 radical (unpaired) electrons. The highest BCUT2D eigenvalue weighted by Gasteiger charge is 2.15. The van der Waals surface area contributed by atoms with Crippen LogP contribution >= 0.6 is 0 Å². The lowest BCUT2D eigenvalue weighted by Gasteiger charge is -2.22. The van der Waals surface area contributed by atoms with Gasteiger partial charge >= 0.3 is 6.09 Å². The number of carbonyl (C=O) groups excluding carboxylic acids is 3. The van der Waals surface area contributed by atoms with Crippen molar-refractivity contribution in [3.05, 3.63) is 0 Å². The van der Waals surface area contributed by atoms with Crippen molar-refractivity contribution in [1.82, 2.24) is 20.9 Å². The van der Waals surface area contributed by atoms with Gasteiger partial charge in [0.15, 0.2) is 0 Å². The summed E-state index contributed by atoms with van der Waals surface area (Å²) in [6.45, 7) is 12.5. The molecule has 0 atom stereocenters. The molecule has 0 aliphatic heterocycles. The summed E-state index contributed by atoms with van der Waals surface area (Å²) >= 11 is 0. The molecule has 0 saturated carbocycles. The van der Waals surface area contributed by atoms with Crippen molar-refractivity contribution in [1.29, 1.82) is 0 Å². The van der Waals surface area contributed by atoms with E-state index in [-0.39, 0.29) is 11.8 Å². The number of amides is 3. The molecule has 38 heavy (non-hydrogen) atoms. The fraction of sp³-hybridized carbons (Fsp3) is 0.880. The molecule has 0 aromatic rings. The van der Waals surface area contributed by atoms with E-state index in [0.29, 0.717) is 111 Å². The molecular formula is C25H52N6O7. The Kier molecular flexibility index (Phi) is 22.8. The van der Waals surface area contributed by atoms with Crippen LogP contribution in [0.5, 0.6) is 0 Å². The molecule has 224 valence electrons. The molecule has 0 spiro atoms. The summed E-state index contributed by atoms with van der Waals surface area (Å²) in [6.07, 6.45) is 1.74. The van der Waals surface area contributed by atoms with E-state index < -0.39 is 11.7 Å². The van der Waals surface area contributed by atoms with Crippen LogP contribution in [0.15, 0.2) is 0 Å². The quantitative estimate of drug-likeness (QED) is 0.0994. The highest BCUT2D eigenvalue weighted by atomic mass is 16.6. The van der Waals surface area contributed by atoms with Crippen molar-refractivity contribution < 1.29 is 33.3 Å². The number of nitrogens with zero attached hydrogens (tertiary/aromatic N) is 1. The van der Waals surface area contributed by atoms with Crippen molar-refractivity contribution in [2.75, 3.05) is 92.0 Å². The van der Waals surface area contributed by atoms with E-state index in [4.69, 9.17) is 30.4 Å². The highest BCUT2D eigenvalue weighted by Crippen LogP contribution is 2.06. The van der Waals surface area contributed by atoms with Crippen LogP contribution in [0.4, 0.5) is 4.79 Å². The van der Waals surface area contributed by atoms with Crippen molar-refractivity contribution in [3.63, 3.8) is 0 Å². The van der Waals surface area contributed by atoms with Crippen molar-refractivity contribution in [2.24, 2.45) is 11.5 Å². The SMILES string of the molecule is CC(C)(C)OC(=O)NCCCOCCOCCOCCCN(CCC(=O)NCCN)CCC(=O)NCCN. The Morgan fingerprint density at radius 2 is 1.13 bits per heavy atom. The highest BCUT2D eigenvalue weighted by molar-refractivity contribution is 5.76. The Morgan fingerprint density at radius 1 is 0.658 bits per heavy atom. The van der Waals surface area contributed by atoms with Gasteiger partial charge in [-0.15, -0.1) is 0 Å². The molecule has 0 aliphatic carbocycles. The summed E-state index contributed by atoms with van der Waals surface area (Å²) in [5.74, 6) is -0.106. The minimum absolute atomic E-state index is 0.0529. The smallest absolute Gasteiger partial charge is 0.407 e. The van der Waals surface area contributed by atoms with Gasteiger partial charge in [0.25, 0.3) is 0 Å². The van der Waals surface area contributed by atoms with E-state index in [9.17, 15) is 14.4 Å². The maximum atomic E-state index is 11.9. The van der Waals surface area contributed by atoms with Crippen molar-refractivity contribution in [2.45, 2.75) is 52.1 Å². The molecule has 0 unspecified atom stereocenters. The van der Waals surface area contributed by atoms with Gasteiger partial charge in [-0.1, -0.05) is 0 Å². The molecule has 0 heterocycles. The first kappa shape index (κ1) is 36.0. The van der Waals surface area contributed by atoms with Crippen LogP contribution in [0.1, 0.15) is 46.5 Å². The molecule has 0 fully saturated rings. The molecule has 0 aliphatic rings. The average Bonchev–Trinajstić information content (AvgIpc) is 2.86. The molecule has 0 aromatic carbocycles. The fourth-order valence-electron chi connectivity index (χ4n) is 3.07. The summed E-state index contributed by atoms with van der Waals surface area (Å²) in [5.41, 5.74) is 10.3. The molecule has 0 saturated heterocycles. The van der Waals surface area contributed by atoms with Gasteiger partial charge in [0.2, 0.25) is 11.8 Å². The minimum Gasteiger partial charge on any atom is -0.444 e. The van der Waals surface area contributed by atoms with Crippen molar-refractivity contribution >= 4 is 17.9 Å². The summed E-state index contributed by atoms with van der Waals surface area (Å²) in [7, 11) is 0. The molecule has 3 amide bonds. The first-order chi connectivity index (χ1) is 18.2. The van der Waals surface area contributed by atoms with E-state index in [0.717, 1.165) is 6.42 Å². The topological polar surface area (TPSA) is 180 Å². The fourth-order valence-corrected chi connectivity index (χ4v) is 3.07. The maximum absolute atomic E-state index is 11.9. The zero-order valence-electron chi connectivity index (χ0n) is 23.7. The number of ether oxygens (including phenoxy) is 4. The average molecular weight is 549 g/mol. The van der Waals surface area contributed by atoms with E-state index in [1.165, 1.54) is 0 Å². The summed E-state index contributed by atoms with van der Waals surface area (Å²) in [4.78, 5) is 37.4. The second-order valence-corrected chi connectivity index (χ2v) is 9.59. The third-order valence-corrected chi connectivity index (χ3v) is 4.88. The van der Waals surface area contributed by atoms with Gasteiger partial charge in [0, 0.05) is 78.4 Å². The monoisotopic (exact) mass is 548 g/mol. The predicted molar refractivity (Wildman–Crippen MR) is 146 cm³/mol. The van der Waals surface area contributed by atoms with Crippen LogP contribution in [-0.4, -0.2) is 120 Å². The zero-order chi connectivity index (χ0) is 28.5. The van der Waals surface area contributed by atoms with Crippen LogP contribution in [0.25, 0.3) is 0 Å². The van der Waals surface area contributed by atoms with Gasteiger partial charge in [-0.3, -0.25) is 9.59 Å². The third kappa shape index (κ3) is 25.6. The molecular weight excluding hydrogens is 496 g/mol. The molecule has 13 nitrogen and oxygen atoms in total. The lowest BCUT2D eigenvalue weighted by atomic mass is 10.2. The number of rotatable bonds is 24. The second-order valence-electron chi connectivity index (χ2n) is 9.59. The van der Waals surface area contributed by atoms with Crippen LogP contribution in [-0.2, 0) is 28.5 Å². The van der Waals surface area contributed by atoms with E-state index >= 15 is 0 Å². The Labute approximate surface area is 228 Å². The Bertz CT molecular complexity index is 595. The number of hydrogen-bond donors (Lipinski definition) is 5. The summed E-state index contributed by atoms with van der Waals surface area (Å²) in [5, 5.41) is 8.20. The van der Waals surface area contributed by atoms with E-state index in [2.05, 4.69) is 20.9 Å². The van der Waals surface area contributed by atoms with Gasteiger partial charge < -0.3 is 51.3 Å². The number of hydrogen-bond acceptors (Lipinski definition) is 10. The standard InChI is InChI=1S/C25H52N6O7/c1-25(2,3)38-24(34)30-10-4-16-35-18-20-37-21-19-36-17-5-13-31(14-6-22(32)28-11-8-26)15-7-23(33)29-12-9-27/h4-21,26-27H2,1-3H3,(H,28,32)(H,29,33)(H,30,34). The Balaban J connectivity index is 3.82. The molecule has 0 aromatic heterocycles. The number of carbonyl (C=O) groups is 3. The van der Waals surface area contributed by atoms with Crippen LogP contribution in [0, 0.1) is 0 Å². The summed E-state index contributed by atoms with van der Waals surface area (Å²) < 4.78 is 21.8. The normalized spacial score (nSPS) is 11.4. The van der Waals surface area contributed by atoms with Gasteiger partial charge in [0.1, 0.15) is 5.60 Å². The Morgan fingerprint density at radius 3 is 1.61 bits per heavy atom. The zero-order valence-corrected chi connectivity index (χ0v) is 23.7.